The van der Waals surface area contributed by atoms with Crippen LogP contribution < -0.4 is 4.74 Å². The standard InChI is InChI=1S/C15H26NO/c1-5-16(6-2,7-3)12-13-17-15-11-9-8-10-14(15)4/h8-11H,5-7,12-13H2,1-4H3/q+1. The van der Waals surface area contributed by atoms with Crippen LogP contribution in [0.15, 0.2) is 24.3 Å². The van der Waals surface area contributed by atoms with Gasteiger partial charge in [-0.15, -0.1) is 0 Å². The van der Waals surface area contributed by atoms with E-state index in [1.807, 2.05) is 18.2 Å². The molecule has 0 aliphatic carbocycles. The van der Waals surface area contributed by atoms with Crippen molar-refractivity contribution < 1.29 is 9.22 Å². The predicted molar refractivity (Wildman–Crippen MR) is 73.4 cm³/mol. The third-order valence-corrected chi connectivity index (χ3v) is 3.93. The lowest BCUT2D eigenvalue weighted by Crippen LogP contribution is -2.49. The Morgan fingerprint density at radius 1 is 1.00 bits per heavy atom. The highest BCUT2D eigenvalue weighted by Gasteiger charge is 2.20. The van der Waals surface area contributed by atoms with Gasteiger partial charge in [0.2, 0.25) is 0 Å². The van der Waals surface area contributed by atoms with Gasteiger partial charge in [-0.25, -0.2) is 0 Å². The second-order valence-corrected chi connectivity index (χ2v) is 4.63. The van der Waals surface area contributed by atoms with Gasteiger partial charge in [0.05, 0.1) is 19.6 Å². The Morgan fingerprint density at radius 2 is 1.59 bits per heavy atom. The van der Waals surface area contributed by atoms with Gasteiger partial charge in [0, 0.05) is 0 Å². The minimum atomic E-state index is 0.806. The Balaban J connectivity index is 2.49. The summed E-state index contributed by atoms with van der Waals surface area (Å²) in [6, 6.07) is 8.22. The summed E-state index contributed by atoms with van der Waals surface area (Å²) in [4.78, 5) is 0. The lowest BCUT2D eigenvalue weighted by atomic mass is 10.2. The van der Waals surface area contributed by atoms with Crippen LogP contribution in [-0.4, -0.2) is 37.3 Å². The first-order valence-electron chi connectivity index (χ1n) is 6.71. The van der Waals surface area contributed by atoms with Gasteiger partial charge < -0.3 is 9.22 Å². The molecule has 0 atom stereocenters. The monoisotopic (exact) mass is 236 g/mol. The van der Waals surface area contributed by atoms with Crippen LogP contribution in [0.4, 0.5) is 0 Å². The molecule has 0 fully saturated rings. The van der Waals surface area contributed by atoms with Gasteiger partial charge in [0.1, 0.15) is 18.9 Å². The minimum absolute atomic E-state index is 0.806. The molecule has 2 heteroatoms. The number of rotatable bonds is 7. The van der Waals surface area contributed by atoms with Gasteiger partial charge in [0.15, 0.2) is 0 Å². The highest BCUT2D eigenvalue weighted by molar-refractivity contribution is 5.31. The van der Waals surface area contributed by atoms with E-state index in [0.717, 1.165) is 23.4 Å². The van der Waals surface area contributed by atoms with E-state index < -0.39 is 0 Å². The summed E-state index contributed by atoms with van der Waals surface area (Å²) in [6.07, 6.45) is 0. The molecule has 1 aromatic rings. The van der Waals surface area contributed by atoms with E-state index in [9.17, 15) is 0 Å². The number of benzene rings is 1. The number of likely N-dealkylation sites (N-methyl/N-ethyl adjacent to an activating group) is 1. The predicted octanol–water partition coefficient (Wildman–Crippen LogP) is 3.25. The van der Waals surface area contributed by atoms with Gasteiger partial charge in [-0.1, -0.05) is 18.2 Å². The van der Waals surface area contributed by atoms with Crippen molar-refractivity contribution in [3.63, 3.8) is 0 Å². The van der Waals surface area contributed by atoms with E-state index in [0.29, 0.717) is 0 Å². The fourth-order valence-corrected chi connectivity index (χ4v) is 2.21. The van der Waals surface area contributed by atoms with Crippen molar-refractivity contribution in [2.24, 2.45) is 0 Å². The summed E-state index contributed by atoms with van der Waals surface area (Å²) < 4.78 is 7.03. The third-order valence-electron chi connectivity index (χ3n) is 3.93. The number of quaternary nitrogens is 1. The molecule has 0 amide bonds. The average Bonchev–Trinajstić information content (AvgIpc) is 2.37. The van der Waals surface area contributed by atoms with Crippen LogP contribution in [-0.2, 0) is 0 Å². The Hall–Kier alpha value is -1.02. The van der Waals surface area contributed by atoms with E-state index in [4.69, 9.17) is 4.74 Å². The molecule has 2 nitrogen and oxygen atoms in total. The van der Waals surface area contributed by atoms with Crippen molar-refractivity contribution in [3.05, 3.63) is 29.8 Å². The summed E-state index contributed by atoms with van der Waals surface area (Å²) in [7, 11) is 0. The summed E-state index contributed by atoms with van der Waals surface area (Å²) in [5.74, 6) is 1.02. The highest BCUT2D eigenvalue weighted by Crippen LogP contribution is 2.16. The molecule has 0 heterocycles. The first-order valence-corrected chi connectivity index (χ1v) is 6.71. The molecule has 0 bridgehead atoms. The number of aryl methyl sites for hydroxylation is 1. The minimum Gasteiger partial charge on any atom is -0.487 e. The fourth-order valence-electron chi connectivity index (χ4n) is 2.21. The zero-order valence-corrected chi connectivity index (χ0v) is 11.7. The van der Waals surface area contributed by atoms with Crippen LogP contribution in [0.3, 0.4) is 0 Å². The maximum absolute atomic E-state index is 5.88. The molecule has 0 aromatic heterocycles. The molecular formula is C15H26NO+. The molecule has 0 aliphatic rings. The maximum atomic E-state index is 5.88. The Kier molecular flexibility index (Phi) is 5.49. The molecule has 0 spiro atoms. The van der Waals surface area contributed by atoms with Gasteiger partial charge in [-0.2, -0.15) is 0 Å². The first kappa shape index (κ1) is 14.0. The van der Waals surface area contributed by atoms with Gasteiger partial charge in [-0.05, 0) is 39.3 Å². The van der Waals surface area contributed by atoms with Crippen molar-refractivity contribution in [3.8, 4) is 5.75 Å². The normalized spacial score (nSPS) is 11.5. The topological polar surface area (TPSA) is 9.23 Å². The van der Waals surface area contributed by atoms with Crippen LogP contribution in [0.2, 0.25) is 0 Å². The zero-order valence-electron chi connectivity index (χ0n) is 11.7. The van der Waals surface area contributed by atoms with E-state index in [1.165, 1.54) is 25.2 Å². The molecule has 0 radical (unpaired) electrons. The van der Waals surface area contributed by atoms with Crippen molar-refractivity contribution in [2.45, 2.75) is 27.7 Å². The van der Waals surface area contributed by atoms with Crippen LogP contribution in [0.1, 0.15) is 26.3 Å². The maximum Gasteiger partial charge on any atom is 0.137 e. The molecule has 96 valence electrons. The largest absolute Gasteiger partial charge is 0.487 e. The van der Waals surface area contributed by atoms with Gasteiger partial charge >= 0.3 is 0 Å². The molecule has 1 rings (SSSR count). The summed E-state index contributed by atoms with van der Waals surface area (Å²) in [5, 5.41) is 0. The smallest absolute Gasteiger partial charge is 0.137 e. The summed E-state index contributed by atoms with van der Waals surface area (Å²) >= 11 is 0. The van der Waals surface area contributed by atoms with Crippen LogP contribution in [0, 0.1) is 6.92 Å². The van der Waals surface area contributed by atoms with Crippen molar-refractivity contribution in [1.82, 2.24) is 0 Å². The molecule has 17 heavy (non-hydrogen) atoms. The molecule has 1 aromatic carbocycles. The van der Waals surface area contributed by atoms with Crippen molar-refractivity contribution >= 4 is 0 Å². The van der Waals surface area contributed by atoms with Gasteiger partial charge in [0.25, 0.3) is 0 Å². The number of nitrogens with zero attached hydrogens (tertiary/aromatic N) is 1. The van der Waals surface area contributed by atoms with Crippen LogP contribution in [0.25, 0.3) is 0 Å². The number of ether oxygens (including phenoxy) is 1. The van der Waals surface area contributed by atoms with Crippen molar-refractivity contribution in [1.29, 1.82) is 0 Å². The third kappa shape index (κ3) is 3.74. The lowest BCUT2D eigenvalue weighted by Gasteiger charge is -2.35. The summed E-state index contributed by atoms with van der Waals surface area (Å²) in [6.45, 7) is 14.3. The number of para-hydroxylation sites is 1. The molecule has 0 saturated heterocycles. The molecular weight excluding hydrogens is 210 g/mol. The highest BCUT2D eigenvalue weighted by atomic mass is 16.5. The average molecular weight is 236 g/mol. The fraction of sp³-hybridized carbons (Fsp3) is 0.600. The number of hydrogen-bond donors (Lipinski definition) is 0. The zero-order chi connectivity index (χ0) is 12.7. The van der Waals surface area contributed by atoms with Crippen LogP contribution >= 0.6 is 0 Å². The van der Waals surface area contributed by atoms with E-state index >= 15 is 0 Å². The Bertz CT molecular complexity index is 323. The first-order chi connectivity index (χ1) is 8.17. The van der Waals surface area contributed by atoms with Gasteiger partial charge in [-0.3, -0.25) is 0 Å². The molecule has 0 N–H and O–H groups in total. The molecule has 0 saturated carbocycles. The van der Waals surface area contributed by atoms with E-state index in [2.05, 4.69) is 33.8 Å². The second-order valence-electron chi connectivity index (χ2n) is 4.63. The SMILES string of the molecule is CC[N+](CC)(CC)CCOc1ccccc1C. The number of hydrogen-bond acceptors (Lipinski definition) is 1. The lowest BCUT2D eigenvalue weighted by molar-refractivity contribution is -0.923. The van der Waals surface area contributed by atoms with Crippen molar-refractivity contribution in [2.75, 3.05) is 32.8 Å². The van der Waals surface area contributed by atoms with Crippen LogP contribution in [0.5, 0.6) is 5.75 Å². The van der Waals surface area contributed by atoms with E-state index in [-0.39, 0.29) is 0 Å². The Labute approximate surface area is 106 Å². The van der Waals surface area contributed by atoms with E-state index in [1.54, 1.807) is 0 Å². The molecule has 0 unspecified atom stereocenters. The Morgan fingerprint density at radius 3 is 2.12 bits per heavy atom. The molecule has 0 aliphatic heterocycles. The summed E-state index contributed by atoms with van der Waals surface area (Å²) in [5.41, 5.74) is 1.22. The quantitative estimate of drug-likeness (QED) is 0.660. The second kappa shape index (κ2) is 6.65.